The van der Waals surface area contributed by atoms with Gasteiger partial charge in [0.15, 0.2) is 0 Å². The molecule has 3 atom stereocenters. The molecule has 0 aliphatic carbocycles. The van der Waals surface area contributed by atoms with E-state index >= 15 is 0 Å². The molecule has 90 valence electrons. The summed E-state index contributed by atoms with van der Waals surface area (Å²) in [4.78, 5) is 13.6. The Morgan fingerprint density at radius 1 is 1.29 bits per heavy atom. The summed E-state index contributed by atoms with van der Waals surface area (Å²) < 4.78 is 12.9. The Morgan fingerprint density at radius 3 is 2.59 bits per heavy atom. The van der Waals surface area contributed by atoms with Gasteiger partial charge < -0.3 is 4.90 Å². The van der Waals surface area contributed by atoms with Crippen molar-refractivity contribution >= 4 is 5.91 Å². The summed E-state index contributed by atoms with van der Waals surface area (Å²) in [5, 5.41) is 0. The van der Waals surface area contributed by atoms with Crippen LogP contribution in [0.4, 0.5) is 4.39 Å². The number of nitrogens with zero attached hydrogens (tertiary/aromatic N) is 1. The van der Waals surface area contributed by atoms with Crippen LogP contribution in [0, 0.1) is 5.82 Å². The van der Waals surface area contributed by atoms with Crippen LogP contribution in [0.5, 0.6) is 0 Å². The first-order valence-corrected chi connectivity index (χ1v) is 6.21. The number of carbonyl (C=O) groups is 1. The summed E-state index contributed by atoms with van der Waals surface area (Å²) in [7, 11) is 0. The van der Waals surface area contributed by atoms with Crippen molar-refractivity contribution in [3.05, 3.63) is 35.6 Å². The van der Waals surface area contributed by atoms with Gasteiger partial charge in [-0.05, 0) is 37.0 Å². The van der Waals surface area contributed by atoms with Gasteiger partial charge in [0, 0.05) is 24.9 Å². The Labute approximate surface area is 100 Å². The van der Waals surface area contributed by atoms with Crippen molar-refractivity contribution in [2.24, 2.45) is 0 Å². The van der Waals surface area contributed by atoms with Gasteiger partial charge in [-0.3, -0.25) is 4.79 Å². The van der Waals surface area contributed by atoms with E-state index in [1.807, 2.05) is 17.0 Å². The summed E-state index contributed by atoms with van der Waals surface area (Å²) in [5.74, 6) is 0.390. The van der Waals surface area contributed by atoms with Crippen molar-refractivity contribution < 1.29 is 9.18 Å². The highest BCUT2D eigenvalue weighted by atomic mass is 19.1. The molecule has 0 saturated carbocycles. The third-order valence-electron chi connectivity index (χ3n) is 4.20. The first-order chi connectivity index (χ1) is 8.16. The molecule has 2 fully saturated rings. The molecule has 0 aromatic heterocycles. The highest BCUT2D eigenvalue weighted by Gasteiger charge is 2.47. The van der Waals surface area contributed by atoms with Crippen molar-refractivity contribution in [1.82, 2.24) is 4.90 Å². The molecule has 0 N–H and O–H groups in total. The van der Waals surface area contributed by atoms with E-state index in [1.165, 1.54) is 17.7 Å². The lowest BCUT2D eigenvalue weighted by molar-refractivity contribution is -0.130. The summed E-state index contributed by atoms with van der Waals surface area (Å²) >= 11 is 0. The SMILES string of the molecule is CC(=O)N1C2CCC1C(c1ccc(F)cc1)C2. The molecule has 2 heterocycles. The molecule has 1 aromatic carbocycles. The van der Waals surface area contributed by atoms with Gasteiger partial charge in [0.1, 0.15) is 5.82 Å². The maximum Gasteiger partial charge on any atom is 0.219 e. The van der Waals surface area contributed by atoms with Crippen LogP contribution in [0.15, 0.2) is 24.3 Å². The number of fused-ring (bicyclic) bond motifs is 2. The fourth-order valence-corrected chi connectivity index (χ4v) is 3.55. The van der Waals surface area contributed by atoms with E-state index in [0.29, 0.717) is 18.0 Å². The number of hydrogen-bond donors (Lipinski definition) is 0. The molecule has 1 aromatic rings. The minimum absolute atomic E-state index is 0.183. The quantitative estimate of drug-likeness (QED) is 0.730. The lowest BCUT2D eigenvalue weighted by Crippen LogP contribution is -2.34. The first kappa shape index (κ1) is 10.8. The Hall–Kier alpha value is -1.38. The van der Waals surface area contributed by atoms with Gasteiger partial charge in [-0.1, -0.05) is 12.1 Å². The number of carbonyl (C=O) groups excluding carboxylic acids is 1. The van der Waals surface area contributed by atoms with Crippen molar-refractivity contribution in [3.63, 3.8) is 0 Å². The standard InChI is InChI=1S/C14H16FNO/c1-9(17)16-12-6-7-14(16)13(8-12)10-2-4-11(15)5-3-10/h2-5,12-14H,6-8H2,1H3. The molecule has 0 spiro atoms. The summed E-state index contributed by atoms with van der Waals surface area (Å²) in [6.07, 6.45) is 3.25. The third-order valence-corrected chi connectivity index (χ3v) is 4.20. The fraction of sp³-hybridized carbons (Fsp3) is 0.500. The summed E-state index contributed by atoms with van der Waals surface area (Å²) in [5.41, 5.74) is 1.17. The van der Waals surface area contributed by atoms with Crippen molar-refractivity contribution in [3.8, 4) is 0 Å². The predicted molar refractivity (Wildman–Crippen MR) is 63.1 cm³/mol. The molecule has 0 radical (unpaired) electrons. The Morgan fingerprint density at radius 2 is 2.00 bits per heavy atom. The second kappa shape index (κ2) is 3.83. The highest BCUT2D eigenvalue weighted by molar-refractivity contribution is 5.75. The lowest BCUT2D eigenvalue weighted by atomic mass is 9.84. The molecule has 2 aliphatic heterocycles. The second-order valence-corrected chi connectivity index (χ2v) is 5.12. The molecule has 2 nitrogen and oxygen atoms in total. The van der Waals surface area contributed by atoms with Crippen LogP contribution >= 0.6 is 0 Å². The van der Waals surface area contributed by atoms with Gasteiger partial charge in [0.25, 0.3) is 0 Å². The largest absolute Gasteiger partial charge is 0.336 e. The van der Waals surface area contributed by atoms with Crippen molar-refractivity contribution in [1.29, 1.82) is 0 Å². The Kier molecular flexibility index (Phi) is 2.42. The molecule has 2 aliphatic rings. The summed E-state index contributed by atoms with van der Waals surface area (Å²) in [6, 6.07) is 7.49. The molecule has 2 saturated heterocycles. The smallest absolute Gasteiger partial charge is 0.219 e. The molecular formula is C14H16FNO. The number of rotatable bonds is 1. The number of halogens is 1. The fourth-order valence-electron chi connectivity index (χ4n) is 3.55. The minimum Gasteiger partial charge on any atom is -0.336 e. The molecule has 3 unspecified atom stereocenters. The molecule has 3 rings (SSSR count). The van der Waals surface area contributed by atoms with Gasteiger partial charge in [-0.2, -0.15) is 0 Å². The van der Waals surface area contributed by atoms with Crippen LogP contribution in [0.2, 0.25) is 0 Å². The van der Waals surface area contributed by atoms with Gasteiger partial charge >= 0.3 is 0 Å². The van der Waals surface area contributed by atoms with E-state index in [2.05, 4.69) is 0 Å². The zero-order valence-corrected chi connectivity index (χ0v) is 9.90. The first-order valence-electron chi connectivity index (χ1n) is 6.21. The van der Waals surface area contributed by atoms with Gasteiger partial charge in [0.05, 0.1) is 0 Å². The number of hydrogen-bond acceptors (Lipinski definition) is 1. The molecule has 17 heavy (non-hydrogen) atoms. The van der Waals surface area contributed by atoms with Crippen LogP contribution in [-0.2, 0) is 4.79 Å². The van der Waals surface area contributed by atoms with E-state index in [9.17, 15) is 9.18 Å². The van der Waals surface area contributed by atoms with E-state index in [0.717, 1.165) is 19.3 Å². The van der Waals surface area contributed by atoms with Crippen molar-refractivity contribution in [2.45, 2.75) is 44.2 Å². The molecule has 2 bridgehead atoms. The minimum atomic E-state index is -0.194. The zero-order valence-electron chi connectivity index (χ0n) is 9.90. The van der Waals surface area contributed by atoms with Crippen LogP contribution in [-0.4, -0.2) is 22.9 Å². The average molecular weight is 233 g/mol. The maximum atomic E-state index is 12.9. The van der Waals surface area contributed by atoms with Crippen LogP contribution < -0.4 is 0 Å². The van der Waals surface area contributed by atoms with Crippen LogP contribution in [0.1, 0.15) is 37.7 Å². The van der Waals surface area contributed by atoms with E-state index in [1.54, 1.807) is 6.92 Å². The molecular weight excluding hydrogens is 217 g/mol. The highest BCUT2D eigenvalue weighted by Crippen LogP contribution is 2.46. The van der Waals surface area contributed by atoms with Crippen molar-refractivity contribution in [2.75, 3.05) is 0 Å². The van der Waals surface area contributed by atoms with E-state index < -0.39 is 0 Å². The number of amides is 1. The van der Waals surface area contributed by atoms with Gasteiger partial charge in [0.2, 0.25) is 5.91 Å². The average Bonchev–Trinajstić information content (AvgIpc) is 2.87. The molecule has 1 amide bonds. The Balaban J connectivity index is 1.87. The van der Waals surface area contributed by atoms with Crippen LogP contribution in [0.25, 0.3) is 0 Å². The topological polar surface area (TPSA) is 20.3 Å². The predicted octanol–water partition coefficient (Wildman–Crippen LogP) is 2.69. The van der Waals surface area contributed by atoms with Gasteiger partial charge in [-0.15, -0.1) is 0 Å². The molecule has 3 heteroatoms. The monoisotopic (exact) mass is 233 g/mol. The lowest BCUT2D eigenvalue weighted by Gasteiger charge is -2.23. The Bertz CT molecular complexity index is 442. The normalized spacial score (nSPS) is 30.9. The van der Waals surface area contributed by atoms with E-state index in [4.69, 9.17) is 0 Å². The number of benzene rings is 1. The van der Waals surface area contributed by atoms with E-state index in [-0.39, 0.29) is 11.7 Å². The van der Waals surface area contributed by atoms with Crippen LogP contribution in [0.3, 0.4) is 0 Å². The third kappa shape index (κ3) is 1.65. The summed E-state index contributed by atoms with van der Waals surface area (Å²) in [6.45, 7) is 1.65. The second-order valence-electron chi connectivity index (χ2n) is 5.12. The van der Waals surface area contributed by atoms with Gasteiger partial charge in [-0.25, -0.2) is 4.39 Å². The maximum absolute atomic E-state index is 12.9. The zero-order chi connectivity index (χ0) is 12.0.